The van der Waals surface area contributed by atoms with Crippen molar-refractivity contribution in [3.63, 3.8) is 0 Å². The van der Waals surface area contributed by atoms with Crippen LogP contribution in [0.25, 0.3) is 0 Å². The molecular formula is C13H26NO3PS2. The van der Waals surface area contributed by atoms with Gasteiger partial charge >= 0.3 is 0 Å². The summed E-state index contributed by atoms with van der Waals surface area (Å²) in [7, 11) is 0. The van der Waals surface area contributed by atoms with E-state index in [4.69, 9.17) is 20.9 Å². The first-order chi connectivity index (χ1) is 9.52. The number of piperidine rings is 1. The van der Waals surface area contributed by atoms with Crippen molar-refractivity contribution >= 4 is 34.8 Å². The van der Waals surface area contributed by atoms with Gasteiger partial charge in [-0.2, -0.15) is 0 Å². The Bertz CT molecular complexity index is 355. The molecule has 0 aliphatic carbocycles. The van der Waals surface area contributed by atoms with Gasteiger partial charge in [0.1, 0.15) is 6.61 Å². The molecule has 4 nitrogen and oxygen atoms in total. The molecule has 118 valence electrons. The Morgan fingerprint density at radius 2 is 2.15 bits per heavy atom. The number of likely N-dealkylation sites (tertiary alicyclic amines) is 1. The van der Waals surface area contributed by atoms with Gasteiger partial charge in [0.15, 0.2) is 0 Å². The van der Waals surface area contributed by atoms with Gasteiger partial charge in [0.25, 0.3) is 0 Å². The fraction of sp³-hybridized carbons (Fsp3) is 0.923. The van der Waals surface area contributed by atoms with Crippen molar-refractivity contribution in [2.75, 3.05) is 25.5 Å². The van der Waals surface area contributed by atoms with E-state index in [2.05, 4.69) is 13.8 Å². The minimum absolute atomic E-state index is 0.0447. The molecule has 2 unspecified atom stereocenters. The topological polar surface area (TPSA) is 38.8 Å². The second kappa shape index (κ2) is 9.42. The molecule has 0 radical (unpaired) electrons. The minimum atomic E-state index is -2.36. The van der Waals surface area contributed by atoms with Gasteiger partial charge < -0.3 is 13.9 Å². The maximum Gasteiger partial charge on any atom is 0.249 e. The van der Waals surface area contributed by atoms with Gasteiger partial charge in [-0.25, -0.2) is 0 Å². The maximum atomic E-state index is 12.2. The summed E-state index contributed by atoms with van der Waals surface area (Å²) in [6, 6.07) is 0.313. The zero-order chi connectivity index (χ0) is 15.0. The predicted octanol–water partition coefficient (Wildman–Crippen LogP) is 3.81. The first kappa shape index (κ1) is 18.4. The zero-order valence-corrected chi connectivity index (χ0v) is 15.2. The molecule has 0 saturated carbocycles. The normalized spacial score (nSPS) is 22.6. The number of nitrogens with zero attached hydrogens (tertiary/aromatic N) is 1. The van der Waals surface area contributed by atoms with Gasteiger partial charge in [-0.15, -0.1) is 0 Å². The van der Waals surface area contributed by atoms with E-state index < -0.39 is 5.69 Å². The molecule has 0 bridgehead atoms. The van der Waals surface area contributed by atoms with Crippen LogP contribution >= 0.6 is 17.1 Å². The highest BCUT2D eigenvalue weighted by Gasteiger charge is 2.26. The lowest BCUT2D eigenvalue weighted by Crippen LogP contribution is -2.43. The van der Waals surface area contributed by atoms with E-state index in [1.165, 1.54) is 6.42 Å². The number of hydrogen-bond donors (Lipinski definition) is 0. The van der Waals surface area contributed by atoms with Crippen LogP contribution in [0, 0.1) is 0 Å². The third-order valence-electron chi connectivity index (χ3n) is 3.21. The zero-order valence-electron chi connectivity index (χ0n) is 12.7. The first-order valence-corrected chi connectivity index (χ1v) is 11.6. The molecule has 1 rings (SSSR count). The molecule has 1 heterocycles. The van der Waals surface area contributed by atoms with Crippen molar-refractivity contribution in [2.24, 2.45) is 0 Å². The minimum Gasteiger partial charge on any atom is -0.338 e. The highest BCUT2D eigenvalue weighted by molar-refractivity contribution is 8.67. The van der Waals surface area contributed by atoms with Gasteiger partial charge in [-0.05, 0) is 51.3 Å². The van der Waals surface area contributed by atoms with Crippen LogP contribution in [0.15, 0.2) is 0 Å². The Hall–Kier alpha value is 0.390. The molecule has 1 amide bonds. The van der Waals surface area contributed by atoms with E-state index in [0.29, 0.717) is 12.6 Å². The summed E-state index contributed by atoms with van der Waals surface area (Å²) in [5.74, 6) is 0.953. The first-order valence-electron chi connectivity index (χ1n) is 7.35. The number of amides is 1. The summed E-state index contributed by atoms with van der Waals surface area (Å²) in [6.07, 6.45) is 4.39. The molecule has 1 saturated heterocycles. The molecule has 1 aliphatic rings. The second-order valence-corrected chi connectivity index (χ2v) is 11.3. The van der Waals surface area contributed by atoms with Crippen LogP contribution in [0.5, 0.6) is 0 Å². The predicted molar refractivity (Wildman–Crippen MR) is 89.6 cm³/mol. The molecule has 1 aliphatic heterocycles. The number of carbonyl (C=O) groups excluding carboxylic acids is 1. The van der Waals surface area contributed by atoms with Gasteiger partial charge in [0, 0.05) is 18.3 Å². The van der Waals surface area contributed by atoms with Crippen LogP contribution in [0.2, 0.25) is 0 Å². The SMILES string of the molecule is CCCSP(=S)(OCC)OCC(=O)N1CCCCC1C. The van der Waals surface area contributed by atoms with Crippen molar-refractivity contribution in [1.82, 2.24) is 4.90 Å². The Kier molecular flexibility index (Phi) is 8.68. The maximum absolute atomic E-state index is 12.2. The molecule has 0 aromatic rings. The number of rotatable bonds is 8. The molecule has 7 heteroatoms. The fourth-order valence-corrected chi connectivity index (χ4v) is 6.66. The Morgan fingerprint density at radius 3 is 2.75 bits per heavy atom. The van der Waals surface area contributed by atoms with Gasteiger partial charge in [0.05, 0.1) is 6.61 Å². The monoisotopic (exact) mass is 339 g/mol. The van der Waals surface area contributed by atoms with Crippen LogP contribution in [-0.4, -0.2) is 42.4 Å². The third kappa shape index (κ3) is 6.02. The highest BCUT2D eigenvalue weighted by Crippen LogP contribution is 2.61. The molecule has 1 fully saturated rings. The Balaban J connectivity index is 2.49. The van der Waals surface area contributed by atoms with Gasteiger partial charge in [-0.3, -0.25) is 4.79 Å². The third-order valence-corrected chi connectivity index (χ3v) is 8.85. The molecule has 2 atom stereocenters. The van der Waals surface area contributed by atoms with Crippen molar-refractivity contribution < 1.29 is 13.8 Å². The van der Waals surface area contributed by atoms with Crippen molar-refractivity contribution in [1.29, 1.82) is 0 Å². The summed E-state index contributed by atoms with van der Waals surface area (Å²) >= 11 is 7.02. The quantitative estimate of drug-likeness (QED) is 0.629. The second-order valence-electron chi connectivity index (χ2n) is 4.90. The molecule has 0 spiro atoms. The lowest BCUT2D eigenvalue weighted by molar-refractivity contribution is -0.136. The lowest BCUT2D eigenvalue weighted by atomic mass is 10.0. The summed E-state index contributed by atoms with van der Waals surface area (Å²) in [6.45, 7) is 7.52. The summed E-state index contributed by atoms with van der Waals surface area (Å²) in [5, 5.41) is 0. The van der Waals surface area contributed by atoms with E-state index in [-0.39, 0.29) is 12.5 Å². The molecular weight excluding hydrogens is 313 g/mol. The van der Waals surface area contributed by atoms with Crippen LogP contribution in [0.4, 0.5) is 0 Å². The van der Waals surface area contributed by atoms with E-state index in [0.717, 1.165) is 31.6 Å². The van der Waals surface area contributed by atoms with Crippen LogP contribution in [0.1, 0.15) is 46.5 Å². The van der Waals surface area contributed by atoms with Crippen molar-refractivity contribution in [3.05, 3.63) is 0 Å². The number of carbonyl (C=O) groups is 1. The molecule has 20 heavy (non-hydrogen) atoms. The molecule has 0 aromatic heterocycles. The standard InChI is InChI=1S/C13H26NO3PS2/c1-4-10-20-18(19,16-5-2)17-11-13(15)14-9-7-6-8-12(14)3/h12H,4-11H2,1-3H3. The Morgan fingerprint density at radius 1 is 1.40 bits per heavy atom. The van der Waals surface area contributed by atoms with E-state index >= 15 is 0 Å². The lowest BCUT2D eigenvalue weighted by Gasteiger charge is -2.33. The Labute approximate surface area is 131 Å². The van der Waals surface area contributed by atoms with E-state index in [9.17, 15) is 4.79 Å². The smallest absolute Gasteiger partial charge is 0.249 e. The number of hydrogen-bond acceptors (Lipinski definition) is 5. The van der Waals surface area contributed by atoms with Crippen LogP contribution < -0.4 is 0 Å². The van der Waals surface area contributed by atoms with Gasteiger partial charge in [-0.1, -0.05) is 18.3 Å². The average molecular weight is 339 g/mol. The van der Waals surface area contributed by atoms with Crippen molar-refractivity contribution in [2.45, 2.75) is 52.5 Å². The van der Waals surface area contributed by atoms with E-state index in [1.54, 1.807) is 11.4 Å². The van der Waals surface area contributed by atoms with Crippen molar-refractivity contribution in [3.8, 4) is 0 Å². The van der Waals surface area contributed by atoms with E-state index in [1.807, 2.05) is 11.8 Å². The molecule has 0 aromatic carbocycles. The largest absolute Gasteiger partial charge is 0.338 e. The fourth-order valence-electron chi connectivity index (χ4n) is 2.16. The average Bonchev–Trinajstić information content (AvgIpc) is 2.44. The highest BCUT2D eigenvalue weighted by atomic mass is 32.9. The summed E-state index contributed by atoms with van der Waals surface area (Å²) < 4.78 is 11.3. The summed E-state index contributed by atoms with van der Waals surface area (Å²) in [4.78, 5) is 14.2. The molecule has 0 N–H and O–H groups in total. The van der Waals surface area contributed by atoms with Crippen LogP contribution in [0.3, 0.4) is 0 Å². The van der Waals surface area contributed by atoms with Gasteiger partial charge in [0.2, 0.25) is 11.6 Å². The van der Waals surface area contributed by atoms with Crippen LogP contribution in [-0.2, 0) is 25.6 Å². The summed E-state index contributed by atoms with van der Waals surface area (Å²) in [5.41, 5.74) is -2.36.